The maximum Gasteiger partial charge on any atom is 0.160 e. The molecule has 0 saturated carbocycles. The van der Waals surface area contributed by atoms with Crippen molar-refractivity contribution < 1.29 is 8.78 Å². The number of rotatable bonds is 3. The van der Waals surface area contributed by atoms with E-state index in [0.29, 0.717) is 12.0 Å². The first-order valence-corrected chi connectivity index (χ1v) is 6.72. The molecular formula is C16H16ClF2N. The van der Waals surface area contributed by atoms with E-state index < -0.39 is 17.7 Å². The molecule has 0 aromatic heterocycles. The Hall–Kier alpha value is -1.45. The van der Waals surface area contributed by atoms with Gasteiger partial charge >= 0.3 is 0 Å². The van der Waals surface area contributed by atoms with Gasteiger partial charge in [-0.3, -0.25) is 0 Å². The topological polar surface area (TPSA) is 26.0 Å². The Morgan fingerprint density at radius 3 is 2.45 bits per heavy atom. The minimum absolute atomic E-state index is 0.154. The van der Waals surface area contributed by atoms with Crippen LogP contribution >= 0.6 is 11.6 Å². The lowest BCUT2D eigenvalue weighted by atomic mass is 9.95. The molecule has 0 fully saturated rings. The lowest BCUT2D eigenvalue weighted by Crippen LogP contribution is -2.15. The standard InChI is InChI=1S/C16H16ClF2N/c1-9-3-4-10(2)11(5-9)6-16(20)12-7-14(18)15(19)8-13(12)17/h3-5,7-8,16H,6,20H2,1-2H3. The van der Waals surface area contributed by atoms with Gasteiger partial charge in [-0.15, -0.1) is 0 Å². The van der Waals surface area contributed by atoms with Gasteiger partial charge in [-0.1, -0.05) is 35.4 Å². The molecule has 2 N–H and O–H groups in total. The van der Waals surface area contributed by atoms with Crippen molar-refractivity contribution in [3.63, 3.8) is 0 Å². The molecule has 0 aliphatic heterocycles. The van der Waals surface area contributed by atoms with Crippen LogP contribution in [0.1, 0.15) is 28.3 Å². The number of nitrogens with two attached hydrogens (primary N) is 1. The first-order valence-electron chi connectivity index (χ1n) is 6.34. The summed E-state index contributed by atoms with van der Waals surface area (Å²) in [6, 6.07) is 7.66. The van der Waals surface area contributed by atoms with Crippen molar-refractivity contribution in [3.8, 4) is 0 Å². The average Bonchev–Trinajstić information content (AvgIpc) is 2.38. The average molecular weight is 296 g/mol. The monoisotopic (exact) mass is 295 g/mol. The van der Waals surface area contributed by atoms with Crippen molar-refractivity contribution in [2.24, 2.45) is 5.73 Å². The second kappa shape index (κ2) is 5.90. The number of benzene rings is 2. The first-order chi connectivity index (χ1) is 9.38. The lowest BCUT2D eigenvalue weighted by Gasteiger charge is -2.16. The number of hydrogen-bond donors (Lipinski definition) is 1. The third kappa shape index (κ3) is 3.17. The van der Waals surface area contributed by atoms with Crippen LogP contribution in [0.5, 0.6) is 0 Å². The summed E-state index contributed by atoms with van der Waals surface area (Å²) in [6.07, 6.45) is 0.526. The molecule has 20 heavy (non-hydrogen) atoms. The Bertz CT molecular complexity index is 641. The smallest absolute Gasteiger partial charge is 0.160 e. The molecule has 1 unspecified atom stereocenters. The number of hydrogen-bond acceptors (Lipinski definition) is 1. The molecule has 0 aliphatic rings. The van der Waals surface area contributed by atoms with Gasteiger partial charge in [-0.05, 0) is 49.1 Å². The van der Waals surface area contributed by atoms with Crippen LogP contribution in [0.4, 0.5) is 8.78 Å². The van der Waals surface area contributed by atoms with E-state index in [1.54, 1.807) is 0 Å². The van der Waals surface area contributed by atoms with Crippen LogP contribution in [0.15, 0.2) is 30.3 Å². The van der Waals surface area contributed by atoms with Crippen molar-refractivity contribution in [1.82, 2.24) is 0 Å². The van der Waals surface area contributed by atoms with Crippen molar-refractivity contribution in [2.75, 3.05) is 0 Å². The summed E-state index contributed by atoms with van der Waals surface area (Å²) in [5, 5.41) is 0.154. The van der Waals surface area contributed by atoms with Crippen molar-refractivity contribution in [1.29, 1.82) is 0 Å². The zero-order chi connectivity index (χ0) is 14.9. The molecule has 4 heteroatoms. The molecule has 2 aromatic rings. The van der Waals surface area contributed by atoms with Crippen molar-refractivity contribution >= 4 is 11.6 Å². The zero-order valence-corrected chi connectivity index (χ0v) is 12.1. The second-order valence-corrected chi connectivity index (χ2v) is 5.44. The Kier molecular flexibility index (Phi) is 4.41. The van der Waals surface area contributed by atoms with Crippen LogP contribution in [-0.2, 0) is 6.42 Å². The summed E-state index contributed by atoms with van der Waals surface area (Å²) in [4.78, 5) is 0. The van der Waals surface area contributed by atoms with Gasteiger partial charge in [-0.25, -0.2) is 8.78 Å². The predicted molar refractivity (Wildman–Crippen MR) is 77.9 cm³/mol. The van der Waals surface area contributed by atoms with E-state index in [-0.39, 0.29) is 5.02 Å². The second-order valence-electron chi connectivity index (χ2n) is 5.03. The van der Waals surface area contributed by atoms with E-state index >= 15 is 0 Å². The molecule has 2 rings (SSSR count). The molecule has 106 valence electrons. The minimum atomic E-state index is -0.960. The van der Waals surface area contributed by atoms with Crippen LogP contribution in [-0.4, -0.2) is 0 Å². The van der Waals surface area contributed by atoms with Gasteiger partial charge in [-0.2, -0.15) is 0 Å². The summed E-state index contributed by atoms with van der Waals surface area (Å²) >= 11 is 5.95. The maximum absolute atomic E-state index is 13.3. The SMILES string of the molecule is Cc1ccc(C)c(CC(N)c2cc(F)c(F)cc2Cl)c1. The molecule has 2 aromatic carbocycles. The summed E-state index contributed by atoms with van der Waals surface area (Å²) in [7, 11) is 0. The van der Waals surface area contributed by atoms with Crippen LogP contribution < -0.4 is 5.73 Å². The van der Waals surface area contributed by atoms with E-state index in [1.807, 2.05) is 32.0 Å². The summed E-state index contributed by atoms with van der Waals surface area (Å²) < 4.78 is 26.4. The van der Waals surface area contributed by atoms with Gasteiger partial charge < -0.3 is 5.73 Å². The van der Waals surface area contributed by atoms with Crippen LogP contribution in [0.2, 0.25) is 5.02 Å². The Balaban J connectivity index is 2.30. The summed E-state index contributed by atoms with van der Waals surface area (Å²) in [5.74, 6) is -1.89. The van der Waals surface area contributed by atoms with E-state index in [4.69, 9.17) is 17.3 Å². The zero-order valence-electron chi connectivity index (χ0n) is 11.4. The van der Waals surface area contributed by atoms with Crippen LogP contribution in [0.25, 0.3) is 0 Å². The highest BCUT2D eigenvalue weighted by molar-refractivity contribution is 6.31. The molecule has 0 heterocycles. The molecule has 1 atom stereocenters. The molecule has 0 radical (unpaired) electrons. The summed E-state index contributed by atoms with van der Waals surface area (Å²) in [6.45, 7) is 3.99. The summed E-state index contributed by atoms with van der Waals surface area (Å²) in [5.41, 5.74) is 9.85. The molecule has 0 spiro atoms. The fourth-order valence-electron chi connectivity index (χ4n) is 2.19. The molecule has 0 aliphatic carbocycles. The van der Waals surface area contributed by atoms with E-state index in [0.717, 1.165) is 28.8 Å². The van der Waals surface area contributed by atoms with Gasteiger partial charge in [0.25, 0.3) is 0 Å². The third-order valence-electron chi connectivity index (χ3n) is 3.38. The predicted octanol–water partition coefficient (Wildman–Crippen LogP) is 4.48. The van der Waals surface area contributed by atoms with Crippen LogP contribution in [0, 0.1) is 25.5 Å². The highest BCUT2D eigenvalue weighted by Crippen LogP contribution is 2.27. The Morgan fingerprint density at radius 1 is 1.10 bits per heavy atom. The minimum Gasteiger partial charge on any atom is -0.324 e. The molecule has 1 nitrogen and oxygen atoms in total. The molecule has 0 amide bonds. The highest BCUT2D eigenvalue weighted by Gasteiger charge is 2.16. The number of aryl methyl sites for hydroxylation is 2. The van der Waals surface area contributed by atoms with Crippen molar-refractivity contribution in [3.05, 3.63) is 69.2 Å². The maximum atomic E-state index is 13.3. The van der Waals surface area contributed by atoms with Gasteiger partial charge in [0, 0.05) is 11.1 Å². The number of halogens is 3. The Morgan fingerprint density at radius 2 is 1.75 bits per heavy atom. The third-order valence-corrected chi connectivity index (χ3v) is 3.71. The van der Waals surface area contributed by atoms with Crippen LogP contribution in [0.3, 0.4) is 0 Å². The van der Waals surface area contributed by atoms with E-state index in [2.05, 4.69) is 0 Å². The molecule has 0 bridgehead atoms. The largest absolute Gasteiger partial charge is 0.324 e. The molecular weight excluding hydrogens is 280 g/mol. The molecule has 0 saturated heterocycles. The Labute approximate surface area is 122 Å². The van der Waals surface area contributed by atoms with E-state index in [1.165, 1.54) is 0 Å². The van der Waals surface area contributed by atoms with Gasteiger partial charge in [0.15, 0.2) is 11.6 Å². The van der Waals surface area contributed by atoms with E-state index in [9.17, 15) is 8.78 Å². The quantitative estimate of drug-likeness (QED) is 0.830. The van der Waals surface area contributed by atoms with Gasteiger partial charge in [0.05, 0.1) is 0 Å². The fourth-order valence-corrected chi connectivity index (χ4v) is 2.48. The van der Waals surface area contributed by atoms with Gasteiger partial charge in [0.2, 0.25) is 0 Å². The first kappa shape index (κ1) is 14.9. The normalized spacial score (nSPS) is 12.5. The highest BCUT2D eigenvalue weighted by atomic mass is 35.5. The fraction of sp³-hybridized carbons (Fsp3) is 0.250. The lowest BCUT2D eigenvalue weighted by molar-refractivity contribution is 0.505. The van der Waals surface area contributed by atoms with Gasteiger partial charge in [0.1, 0.15) is 0 Å². The van der Waals surface area contributed by atoms with Crippen molar-refractivity contribution in [2.45, 2.75) is 26.3 Å².